The molecule has 1 saturated heterocycles. The molecule has 1 aromatic rings. The Bertz CT molecular complexity index is 441. The van der Waals surface area contributed by atoms with Gasteiger partial charge in [0, 0.05) is 24.8 Å². The number of ether oxygens (including phenoxy) is 1. The zero-order chi connectivity index (χ0) is 14.6. The molecule has 2 atom stereocenters. The van der Waals surface area contributed by atoms with Crippen LogP contribution in [0.25, 0.3) is 0 Å². The van der Waals surface area contributed by atoms with Gasteiger partial charge in [-0.1, -0.05) is 37.3 Å². The number of hydrogen-bond acceptors (Lipinski definition) is 3. The highest BCUT2D eigenvalue weighted by Gasteiger charge is 2.32. The third-order valence-corrected chi connectivity index (χ3v) is 4.16. The standard InChI is InChI=1S/C16H24N2O2/c1-12(14(17)13-6-4-3-5-7-13)15(19)18-16(2)8-10-20-11-9-16/h3-7,12,14H,8-11,17H2,1-2H3,(H,18,19). The average Bonchev–Trinajstić information content (AvgIpc) is 2.47. The Morgan fingerprint density at radius 2 is 1.90 bits per heavy atom. The van der Waals surface area contributed by atoms with E-state index in [1.807, 2.05) is 37.3 Å². The van der Waals surface area contributed by atoms with E-state index in [0.29, 0.717) is 13.2 Å². The second-order valence-corrected chi connectivity index (χ2v) is 5.89. The second-order valence-electron chi connectivity index (χ2n) is 5.89. The van der Waals surface area contributed by atoms with Gasteiger partial charge in [-0.15, -0.1) is 0 Å². The van der Waals surface area contributed by atoms with Crippen molar-refractivity contribution in [1.82, 2.24) is 5.32 Å². The van der Waals surface area contributed by atoms with E-state index in [2.05, 4.69) is 12.2 Å². The minimum atomic E-state index is -0.278. The van der Waals surface area contributed by atoms with Crippen molar-refractivity contribution in [2.24, 2.45) is 11.7 Å². The predicted octanol–water partition coefficient (Wildman–Crippen LogP) is 2.01. The zero-order valence-corrected chi connectivity index (χ0v) is 12.3. The molecule has 2 rings (SSSR count). The van der Waals surface area contributed by atoms with Gasteiger partial charge in [0.15, 0.2) is 0 Å². The van der Waals surface area contributed by atoms with E-state index >= 15 is 0 Å². The first-order valence-electron chi connectivity index (χ1n) is 7.22. The predicted molar refractivity (Wildman–Crippen MR) is 79.1 cm³/mol. The van der Waals surface area contributed by atoms with Gasteiger partial charge < -0.3 is 15.8 Å². The van der Waals surface area contributed by atoms with E-state index in [4.69, 9.17) is 10.5 Å². The number of amides is 1. The molecule has 1 amide bonds. The fraction of sp³-hybridized carbons (Fsp3) is 0.562. The normalized spacial score (nSPS) is 20.9. The lowest BCUT2D eigenvalue weighted by atomic mass is 9.89. The molecule has 1 aromatic carbocycles. The van der Waals surface area contributed by atoms with Crippen LogP contribution in [0, 0.1) is 5.92 Å². The molecule has 1 aliphatic rings. The van der Waals surface area contributed by atoms with E-state index in [0.717, 1.165) is 18.4 Å². The number of rotatable bonds is 4. The summed E-state index contributed by atoms with van der Waals surface area (Å²) in [6, 6.07) is 9.48. The van der Waals surface area contributed by atoms with Crippen LogP contribution in [0.1, 0.15) is 38.3 Å². The second kappa shape index (κ2) is 6.37. The summed E-state index contributed by atoms with van der Waals surface area (Å²) in [4.78, 5) is 12.4. The maximum absolute atomic E-state index is 12.4. The van der Waals surface area contributed by atoms with Crippen molar-refractivity contribution in [1.29, 1.82) is 0 Å². The minimum absolute atomic E-state index is 0.0192. The van der Waals surface area contributed by atoms with Gasteiger partial charge in [-0.05, 0) is 25.3 Å². The van der Waals surface area contributed by atoms with Gasteiger partial charge in [0.1, 0.15) is 0 Å². The monoisotopic (exact) mass is 276 g/mol. The van der Waals surface area contributed by atoms with Crippen molar-refractivity contribution in [2.75, 3.05) is 13.2 Å². The van der Waals surface area contributed by atoms with Crippen molar-refractivity contribution in [2.45, 2.75) is 38.3 Å². The van der Waals surface area contributed by atoms with Crippen LogP contribution in [-0.4, -0.2) is 24.7 Å². The van der Waals surface area contributed by atoms with Gasteiger partial charge in [0.05, 0.1) is 5.92 Å². The Morgan fingerprint density at radius 3 is 2.50 bits per heavy atom. The molecule has 1 aliphatic heterocycles. The van der Waals surface area contributed by atoms with Crippen LogP contribution in [0.3, 0.4) is 0 Å². The third-order valence-electron chi connectivity index (χ3n) is 4.16. The van der Waals surface area contributed by atoms with Gasteiger partial charge in [-0.2, -0.15) is 0 Å². The van der Waals surface area contributed by atoms with Gasteiger partial charge in [0.25, 0.3) is 0 Å². The largest absolute Gasteiger partial charge is 0.381 e. The number of nitrogens with one attached hydrogen (secondary N) is 1. The van der Waals surface area contributed by atoms with E-state index in [1.54, 1.807) is 0 Å². The molecule has 110 valence electrons. The molecular weight excluding hydrogens is 252 g/mol. The topological polar surface area (TPSA) is 64.3 Å². The van der Waals surface area contributed by atoms with Crippen LogP contribution in [0.2, 0.25) is 0 Å². The molecule has 0 bridgehead atoms. The van der Waals surface area contributed by atoms with Crippen LogP contribution in [-0.2, 0) is 9.53 Å². The lowest BCUT2D eigenvalue weighted by Gasteiger charge is -2.36. The third kappa shape index (κ3) is 3.58. The lowest BCUT2D eigenvalue weighted by molar-refractivity contribution is -0.128. The first-order chi connectivity index (χ1) is 9.52. The highest BCUT2D eigenvalue weighted by Crippen LogP contribution is 2.23. The van der Waals surface area contributed by atoms with E-state index in [-0.39, 0.29) is 23.4 Å². The number of nitrogens with two attached hydrogens (primary N) is 1. The Hall–Kier alpha value is -1.39. The molecule has 1 fully saturated rings. The Kier molecular flexibility index (Phi) is 4.78. The van der Waals surface area contributed by atoms with E-state index in [9.17, 15) is 4.79 Å². The molecule has 2 unspecified atom stereocenters. The number of carbonyl (C=O) groups excluding carboxylic acids is 1. The van der Waals surface area contributed by atoms with Crippen LogP contribution < -0.4 is 11.1 Å². The van der Waals surface area contributed by atoms with Crippen molar-refractivity contribution in [3.63, 3.8) is 0 Å². The molecule has 1 heterocycles. The molecule has 0 saturated carbocycles. The summed E-state index contributed by atoms with van der Waals surface area (Å²) in [5, 5.41) is 3.15. The maximum atomic E-state index is 12.4. The van der Waals surface area contributed by atoms with Gasteiger partial charge in [-0.3, -0.25) is 4.79 Å². The summed E-state index contributed by atoms with van der Waals surface area (Å²) in [5.41, 5.74) is 7.03. The highest BCUT2D eigenvalue weighted by molar-refractivity contribution is 5.80. The molecule has 20 heavy (non-hydrogen) atoms. The number of carbonyl (C=O) groups is 1. The van der Waals surface area contributed by atoms with Crippen molar-refractivity contribution < 1.29 is 9.53 Å². The zero-order valence-electron chi connectivity index (χ0n) is 12.3. The Balaban J connectivity index is 1.98. The van der Waals surface area contributed by atoms with Crippen LogP contribution >= 0.6 is 0 Å². The summed E-state index contributed by atoms with van der Waals surface area (Å²) in [6.07, 6.45) is 1.71. The van der Waals surface area contributed by atoms with E-state index < -0.39 is 0 Å². The fourth-order valence-corrected chi connectivity index (χ4v) is 2.49. The first kappa shape index (κ1) is 15.0. The number of hydrogen-bond donors (Lipinski definition) is 2. The van der Waals surface area contributed by atoms with Crippen LogP contribution in [0.4, 0.5) is 0 Å². The minimum Gasteiger partial charge on any atom is -0.381 e. The van der Waals surface area contributed by atoms with Crippen molar-refractivity contribution in [3.05, 3.63) is 35.9 Å². The lowest BCUT2D eigenvalue weighted by Crippen LogP contribution is -2.52. The fourth-order valence-electron chi connectivity index (χ4n) is 2.49. The Morgan fingerprint density at radius 1 is 1.30 bits per heavy atom. The van der Waals surface area contributed by atoms with Gasteiger partial charge in [-0.25, -0.2) is 0 Å². The van der Waals surface area contributed by atoms with Crippen LogP contribution in [0.5, 0.6) is 0 Å². The molecule has 0 aromatic heterocycles. The summed E-state index contributed by atoms with van der Waals surface area (Å²) in [7, 11) is 0. The molecule has 0 radical (unpaired) electrons. The van der Waals surface area contributed by atoms with E-state index in [1.165, 1.54) is 0 Å². The maximum Gasteiger partial charge on any atom is 0.225 e. The van der Waals surface area contributed by atoms with Crippen molar-refractivity contribution in [3.8, 4) is 0 Å². The Labute approximate surface area is 120 Å². The highest BCUT2D eigenvalue weighted by atomic mass is 16.5. The summed E-state index contributed by atoms with van der Waals surface area (Å²) >= 11 is 0. The van der Waals surface area contributed by atoms with Crippen LogP contribution in [0.15, 0.2) is 30.3 Å². The van der Waals surface area contributed by atoms with Crippen molar-refractivity contribution >= 4 is 5.91 Å². The van der Waals surface area contributed by atoms with Gasteiger partial charge in [0.2, 0.25) is 5.91 Å². The quantitative estimate of drug-likeness (QED) is 0.884. The molecule has 4 nitrogen and oxygen atoms in total. The summed E-state index contributed by atoms with van der Waals surface area (Å²) in [5.74, 6) is -0.233. The molecule has 3 N–H and O–H groups in total. The molecule has 4 heteroatoms. The summed E-state index contributed by atoms with van der Waals surface area (Å²) in [6.45, 7) is 5.37. The molecule has 0 spiro atoms. The smallest absolute Gasteiger partial charge is 0.225 e. The summed E-state index contributed by atoms with van der Waals surface area (Å²) < 4.78 is 5.35. The number of benzene rings is 1. The average molecular weight is 276 g/mol. The SMILES string of the molecule is CC(C(=O)NC1(C)CCOCC1)C(N)c1ccccc1. The van der Waals surface area contributed by atoms with Gasteiger partial charge >= 0.3 is 0 Å². The molecular formula is C16H24N2O2. The molecule has 0 aliphatic carbocycles. The first-order valence-corrected chi connectivity index (χ1v) is 7.22.